The van der Waals surface area contributed by atoms with Crippen molar-refractivity contribution in [2.45, 2.75) is 20.3 Å². The van der Waals surface area contributed by atoms with Crippen molar-refractivity contribution in [2.24, 2.45) is 0 Å². The first-order valence-corrected chi connectivity index (χ1v) is 8.75. The molecule has 0 aliphatic carbocycles. The van der Waals surface area contributed by atoms with Crippen LogP contribution in [-0.2, 0) is 16.1 Å². The van der Waals surface area contributed by atoms with Crippen LogP contribution in [0.3, 0.4) is 0 Å². The van der Waals surface area contributed by atoms with Crippen molar-refractivity contribution in [3.8, 4) is 22.8 Å². The largest absolute Gasteiger partial charge is 0.352 e. The average molecular weight is 438 g/mol. The molecule has 6 nitrogen and oxygen atoms in total. The molecule has 3 aromatic rings. The van der Waals surface area contributed by atoms with Crippen molar-refractivity contribution < 1.29 is 23.4 Å². The Labute approximate surface area is 161 Å². The molecule has 2 aromatic heterocycles. The van der Waals surface area contributed by atoms with E-state index in [4.69, 9.17) is 4.89 Å². The molecule has 0 N–H and O–H groups in total. The van der Waals surface area contributed by atoms with Gasteiger partial charge in [0.1, 0.15) is 16.0 Å². The summed E-state index contributed by atoms with van der Waals surface area (Å²) in [6, 6.07) is 7.55. The summed E-state index contributed by atoms with van der Waals surface area (Å²) in [5, 5.41) is 4.18. The Balaban J connectivity index is 2.27. The summed E-state index contributed by atoms with van der Waals surface area (Å²) in [6.07, 6.45) is 1.66. The lowest BCUT2D eigenvalue weighted by Crippen LogP contribution is -2.06. The SMILES string of the molecule is CCc1c(-c2c(Br)c(OOC(C)=O)nn2-c2ccccc2F)ccnc1F. The fourth-order valence-electron chi connectivity index (χ4n) is 2.59. The van der Waals surface area contributed by atoms with Crippen LogP contribution in [0.4, 0.5) is 8.78 Å². The minimum absolute atomic E-state index is 0.109. The van der Waals surface area contributed by atoms with Crippen molar-refractivity contribution >= 4 is 21.9 Å². The van der Waals surface area contributed by atoms with E-state index < -0.39 is 17.7 Å². The van der Waals surface area contributed by atoms with Crippen LogP contribution < -0.4 is 4.89 Å². The molecular formula is C18H14BrF2N3O3. The molecule has 0 bridgehead atoms. The molecule has 140 valence electrons. The van der Waals surface area contributed by atoms with Gasteiger partial charge in [0.15, 0.2) is 0 Å². The summed E-state index contributed by atoms with van der Waals surface area (Å²) >= 11 is 3.33. The summed E-state index contributed by atoms with van der Waals surface area (Å²) in [5.74, 6) is -1.97. The van der Waals surface area contributed by atoms with Gasteiger partial charge >= 0.3 is 11.8 Å². The maximum absolute atomic E-state index is 14.4. The molecule has 0 saturated carbocycles. The number of hydrogen-bond acceptors (Lipinski definition) is 5. The van der Waals surface area contributed by atoms with Gasteiger partial charge in [-0.15, -0.1) is 5.10 Å². The van der Waals surface area contributed by atoms with Crippen molar-refractivity contribution in [3.63, 3.8) is 0 Å². The Bertz CT molecular complexity index is 1010. The molecule has 0 atom stereocenters. The first kappa shape index (κ1) is 19.0. The van der Waals surface area contributed by atoms with Crippen molar-refractivity contribution in [1.29, 1.82) is 0 Å². The second kappa shape index (κ2) is 7.83. The van der Waals surface area contributed by atoms with Crippen LogP contribution in [0, 0.1) is 11.8 Å². The summed E-state index contributed by atoms with van der Waals surface area (Å²) in [7, 11) is 0. The summed E-state index contributed by atoms with van der Waals surface area (Å²) in [5.41, 5.74) is 1.23. The quantitative estimate of drug-likeness (QED) is 0.336. The van der Waals surface area contributed by atoms with Crippen molar-refractivity contribution in [3.05, 3.63) is 58.3 Å². The Morgan fingerprint density at radius 2 is 2.00 bits per heavy atom. The highest BCUT2D eigenvalue weighted by molar-refractivity contribution is 9.10. The van der Waals surface area contributed by atoms with Crippen molar-refractivity contribution in [1.82, 2.24) is 14.8 Å². The molecule has 0 spiro atoms. The molecule has 0 saturated heterocycles. The van der Waals surface area contributed by atoms with Gasteiger partial charge in [-0.2, -0.15) is 4.39 Å². The second-order valence-electron chi connectivity index (χ2n) is 5.47. The average Bonchev–Trinajstić information content (AvgIpc) is 2.96. The van der Waals surface area contributed by atoms with Gasteiger partial charge in [0, 0.05) is 24.2 Å². The number of benzene rings is 1. The van der Waals surface area contributed by atoms with E-state index in [2.05, 4.69) is 30.9 Å². The summed E-state index contributed by atoms with van der Waals surface area (Å²) < 4.78 is 30.1. The first-order valence-electron chi connectivity index (χ1n) is 7.96. The minimum atomic E-state index is -0.687. The normalized spacial score (nSPS) is 10.7. The van der Waals surface area contributed by atoms with E-state index in [1.807, 2.05) is 0 Å². The molecule has 0 aliphatic rings. The topological polar surface area (TPSA) is 66.2 Å². The minimum Gasteiger partial charge on any atom is -0.263 e. The zero-order valence-electron chi connectivity index (χ0n) is 14.4. The number of aromatic nitrogens is 3. The van der Waals surface area contributed by atoms with Gasteiger partial charge in [0.2, 0.25) is 5.95 Å². The highest BCUT2D eigenvalue weighted by Gasteiger charge is 2.25. The third kappa shape index (κ3) is 3.68. The monoisotopic (exact) mass is 437 g/mol. The molecule has 0 unspecified atom stereocenters. The van der Waals surface area contributed by atoms with Gasteiger partial charge in [-0.1, -0.05) is 19.1 Å². The Hall–Kier alpha value is -2.81. The van der Waals surface area contributed by atoms with Gasteiger partial charge in [0.25, 0.3) is 0 Å². The Morgan fingerprint density at radius 3 is 2.67 bits per heavy atom. The van der Waals surface area contributed by atoms with E-state index in [1.54, 1.807) is 19.1 Å². The van der Waals surface area contributed by atoms with Crippen LogP contribution in [0.15, 0.2) is 41.0 Å². The highest BCUT2D eigenvalue weighted by atomic mass is 79.9. The number of rotatable bonds is 5. The molecule has 2 heterocycles. The predicted molar refractivity (Wildman–Crippen MR) is 96.2 cm³/mol. The Morgan fingerprint density at radius 1 is 1.26 bits per heavy atom. The van der Waals surface area contributed by atoms with Gasteiger partial charge in [-0.05, 0) is 40.5 Å². The number of para-hydroxylation sites is 1. The maximum Gasteiger partial charge on any atom is 0.352 e. The predicted octanol–water partition coefficient (Wildman–Crippen LogP) is 4.39. The van der Waals surface area contributed by atoms with E-state index in [0.717, 1.165) is 6.92 Å². The molecular weight excluding hydrogens is 424 g/mol. The van der Waals surface area contributed by atoms with Gasteiger partial charge < -0.3 is 0 Å². The standard InChI is InChI=1S/C18H14BrF2N3O3/c1-3-11-12(8-9-22-17(11)21)16-15(19)18(27-26-10(2)25)23-24(16)14-7-5-4-6-13(14)20/h4-9H,3H2,1-2H3. The Kier molecular flexibility index (Phi) is 5.50. The lowest BCUT2D eigenvalue weighted by molar-refractivity contribution is -0.212. The summed E-state index contributed by atoms with van der Waals surface area (Å²) in [6.45, 7) is 2.94. The van der Waals surface area contributed by atoms with E-state index in [0.29, 0.717) is 23.2 Å². The molecule has 1 aromatic carbocycles. The third-order valence-corrected chi connectivity index (χ3v) is 4.44. The molecule has 3 rings (SSSR count). The van der Waals surface area contributed by atoms with Crippen LogP contribution in [0.25, 0.3) is 16.9 Å². The molecule has 0 fully saturated rings. The van der Waals surface area contributed by atoms with E-state index in [-0.39, 0.29) is 16.0 Å². The third-order valence-electron chi connectivity index (χ3n) is 3.73. The van der Waals surface area contributed by atoms with Crippen LogP contribution >= 0.6 is 15.9 Å². The lowest BCUT2D eigenvalue weighted by Gasteiger charge is -2.12. The van der Waals surface area contributed by atoms with E-state index >= 15 is 0 Å². The van der Waals surface area contributed by atoms with Crippen molar-refractivity contribution in [2.75, 3.05) is 0 Å². The molecule has 27 heavy (non-hydrogen) atoms. The van der Waals surface area contributed by atoms with Gasteiger partial charge in [-0.25, -0.2) is 23.7 Å². The molecule has 0 aliphatic heterocycles. The molecule has 0 radical (unpaired) electrons. The second-order valence-corrected chi connectivity index (χ2v) is 6.26. The molecule has 0 amide bonds. The van der Waals surface area contributed by atoms with Crippen LogP contribution in [0.1, 0.15) is 19.4 Å². The number of hydrogen-bond donors (Lipinski definition) is 0. The van der Waals surface area contributed by atoms with Gasteiger partial charge in [0.05, 0.1) is 5.69 Å². The number of carbonyl (C=O) groups is 1. The first-order chi connectivity index (χ1) is 12.9. The summed E-state index contributed by atoms with van der Waals surface area (Å²) in [4.78, 5) is 24.2. The number of nitrogens with zero attached hydrogens (tertiary/aromatic N) is 3. The fraction of sp³-hybridized carbons (Fsp3) is 0.167. The van der Waals surface area contributed by atoms with Gasteiger partial charge in [-0.3, -0.25) is 4.89 Å². The van der Waals surface area contributed by atoms with Crippen LogP contribution in [0.2, 0.25) is 0 Å². The number of halogens is 3. The van der Waals surface area contributed by atoms with Crippen LogP contribution in [0.5, 0.6) is 5.88 Å². The fourth-order valence-corrected chi connectivity index (χ4v) is 3.11. The highest BCUT2D eigenvalue weighted by Crippen LogP contribution is 2.39. The zero-order chi connectivity index (χ0) is 19.6. The molecule has 9 heteroatoms. The smallest absolute Gasteiger partial charge is 0.263 e. The lowest BCUT2D eigenvalue weighted by atomic mass is 10.0. The van der Waals surface area contributed by atoms with E-state index in [9.17, 15) is 13.6 Å². The van der Waals surface area contributed by atoms with Crippen LogP contribution in [-0.4, -0.2) is 20.7 Å². The zero-order valence-corrected chi connectivity index (χ0v) is 16.0. The number of pyridine rings is 1. The number of carbonyl (C=O) groups excluding carboxylic acids is 1. The maximum atomic E-state index is 14.4. The van der Waals surface area contributed by atoms with E-state index in [1.165, 1.54) is 29.1 Å².